The fraction of sp³-hybridized carbons (Fsp3) is 0. The Kier molecular flexibility index (Phi) is 113. The Morgan fingerprint density at radius 2 is 0.750 bits per heavy atom. The fourth-order valence-corrected chi connectivity index (χ4v) is 0. The van der Waals surface area contributed by atoms with Crippen molar-refractivity contribution >= 4 is 13.5 Å². The van der Waals surface area contributed by atoms with Gasteiger partial charge in [0.05, 0.1) is 0 Å². The van der Waals surface area contributed by atoms with Gasteiger partial charge >= 0.3 is 0 Å². The Bertz CT molecular complexity index is 6.00. The average Bonchev–Trinajstić information content (AvgIpc) is 0. The van der Waals surface area contributed by atoms with Crippen molar-refractivity contribution in [3.8, 4) is 0 Å². The van der Waals surface area contributed by atoms with E-state index in [0.29, 0.717) is 0 Å². The van der Waals surface area contributed by atoms with Gasteiger partial charge in [-0.3, -0.25) is 0 Å². The Labute approximate surface area is 93.8 Å². The molecule has 0 unspecified atom stereocenters. The van der Waals surface area contributed by atoms with Crippen molar-refractivity contribution in [1.82, 2.24) is 0 Å². The van der Waals surface area contributed by atoms with Gasteiger partial charge in [-0.1, -0.05) is 0 Å². The zero-order valence-corrected chi connectivity index (χ0v) is 17.2. The third kappa shape index (κ3) is 8.93. The van der Waals surface area contributed by atoms with E-state index < -0.39 is 0 Å². The van der Waals surface area contributed by atoms with Crippen molar-refractivity contribution in [2.75, 3.05) is 0 Å². The monoisotopic (exact) mass is 464 g/mol. The summed E-state index contributed by atoms with van der Waals surface area (Å²) in [6.07, 6.45) is 0. The van der Waals surface area contributed by atoms with E-state index in [0.717, 1.165) is 0 Å². The molecule has 0 spiro atoms. The van der Waals surface area contributed by atoms with E-state index >= 15 is 0 Å². The molecule has 0 aromatic heterocycles. The molecule has 0 heterocycles. The normalized spacial score (nSPS) is 0. The summed E-state index contributed by atoms with van der Waals surface area (Å²) in [5, 5.41) is 0. The molecule has 0 rings (SSSR count). The van der Waals surface area contributed by atoms with E-state index in [2.05, 4.69) is 0 Å². The molecule has 4 heteroatoms. The minimum atomic E-state index is 0. The van der Waals surface area contributed by atoms with Crippen molar-refractivity contribution in [2.24, 2.45) is 0 Å². The van der Waals surface area contributed by atoms with Crippen LogP contribution in [0.4, 0.5) is 0 Å². The van der Waals surface area contributed by atoms with E-state index in [1.165, 1.54) is 0 Å². The van der Waals surface area contributed by atoms with E-state index in [4.69, 9.17) is 0 Å². The fourth-order valence-electron chi connectivity index (χ4n) is 0. The first-order chi connectivity index (χ1) is 0. The maximum atomic E-state index is 0. The van der Waals surface area contributed by atoms with Crippen LogP contribution in [0.1, 0.15) is 0 Å². The number of hydrogen-bond donors (Lipinski definition) is 0. The van der Waals surface area contributed by atoms with Crippen molar-refractivity contribution in [1.29, 1.82) is 0 Å². The average molecular weight is 459 g/mol. The summed E-state index contributed by atoms with van der Waals surface area (Å²) >= 11 is 0. The van der Waals surface area contributed by atoms with Crippen LogP contribution in [0, 0.1) is 0 Å². The van der Waals surface area contributed by atoms with Crippen molar-refractivity contribution < 1.29 is 82.3 Å². The first-order valence-electron chi connectivity index (χ1n) is 0. The molecule has 0 atom stereocenters. The van der Waals surface area contributed by atoms with Crippen LogP contribution < -0.4 is 0 Å². The molecule has 0 saturated heterocycles. The molecular weight excluding hydrogens is 457 g/mol. The summed E-state index contributed by atoms with van der Waals surface area (Å²) < 4.78 is 0. The molecule has 0 aromatic carbocycles. The molecule has 0 aliphatic heterocycles. The summed E-state index contributed by atoms with van der Waals surface area (Å²) in [5.74, 6) is 0. The van der Waals surface area contributed by atoms with Gasteiger partial charge in [0, 0.05) is 82.3 Å². The van der Waals surface area contributed by atoms with Gasteiger partial charge in [-0.2, -0.15) is 13.5 Å². The van der Waals surface area contributed by atoms with Gasteiger partial charge in [0.2, 0.25) is 0 Å². The van der Waals surface area contributed by atoms with Crippen LogP contribution in [0.25, 0.3) is 0 Å². The molecule has 0 nitrogen and oxygen atoms in total. The Morgan fingerprint density at radius 3 is 0.750 bits per heavy atom. The van der Waals surface area contributed by atoms with Gasteiger partial charge < -0.3 is 0 Å². The molecule has 0 saturated carbocycles. The van der Waals surface area contributed by atoms with Crippen LogP contribution in [0.3, 0.4) is 0 Å². The summed E-state index contributed by atoms with van der Waals surface area (Å²) in [6.45, 7) is 0. The number of rotatable bonds is 0. The smallest absolute Gasteiger partial charge is 0 e. The molecule has 0 bridgehead atoms. The Hall–Kier alpha value is 3.13. The first-order valence-corrected chi connectivity index (χ1v) is 0. The van der Waals surface area contributed by atoms with E-state index in [1.807, 2.05) is 0 Å². The van der Waals surface area contributed by atoms with Gasteiger partial charge in [-0.15, -0.1) is 0 Å². The Morgan fingerprint density at radius 1 is 0.750 bits per heavy atom. The predicted octanol–water partition coefficient (Wildman–Crippen LogP) is 0.105. The summed E-state index contributed by atoms with van der Waals surface area (Å²) in [7, 11) is 0. The molecule has 0 N–H and O–H groups in total. The topological polar surface area (TPSA) is 0 Å². The zero-order valence-electron chi connectivity index (χ0n) is 2.62. The largest absolute Gasteiger partial charge is 0.197 e. The molecule has 4 heavy (non-hydrogen) atoms. The molecule has 0 aliphatic carbocycles. The van der Waals surface area contributed by atoms with Gasteiger partial charge in [-0.25, -0.2) is 0 Å². The van der Waals surface area contributed by atoms with Crippen LogP contribution >= 0.6 is 13.5 Å². The third-order valence-electron chi connectivity index (χ3n) is 0. The Balaban J connectivity index is 0. The molecular formula is H2Cd2HgS. The third-order valence-corrected chi connectivity index (χ3v) is 0. The minimum Gasteiger partial charge on any atom is -0.197 e. The standard InChI is InChI=1S/2Cd.Hg.H2S/h;;;1H2. The van der Waals surface area contributed by atoms with Crippen molar-refractivity contribution in [3.63, 3.8) is 0 Å². The molecule has 0 fully saturated rings. The van der Waals surface area contributed by atoms with Crippen LogP contribution in [0.2, 0.25) is 0 Å². The van der Waals surface area contributed by atoms with Crippen LogP contribution in [0.15, 0.2) is 0 Å². The van der Waals surface area contributed by atoms with Gasteiger partial charge in [0.1, 0.15) is 0 Å². The van der Waals surface area contributed by atoms with Crippen LogP contribution in [-0.4, -0.2) is 0 Å². The van der Waals surface area contributed by atoms with Crippen LogP contribution in [0.5, 0.6) is 0 Å². The predicted molar refractivity (Wildman–Crippen MR) is 10.4 cm³/mol. The molecule has 0 aromatic rings. The molecule has 0 amide bonds. The second-order valence-electron chi connectivity index (χ2n) is 0. The van der Waals surface area contributed by atoms with E-state index in [-0.39, 0.29) is 95.8 Å². The van der Waals surface area contributed by atoms with E-state index in [9.17, 15) is 0 Å². The molecule has 14 valence electrons. The number of hydrogen-bond acceptors (Lipinski definition) is 0. The maximum absolute atomic E-state index is 0. The zero-order chi connectivity index (χ0) is 0. The quantitative estimate of drug-likeness (QED) is 0.451. The van der Waals surface area contributed by atoms with Crippen LogP contribution in [-0.2, 0) is 82.3 Å². The summed E-state index contributed by atoms with van der Waals surface area (Å²) in [5.41, 5.74) is 0. The summed E-state index contributed by atoms with van der Waals surface area (Å²) in [4.78, 5) is 0. The molecule has 0 aliphatic rings. The van der Waals surface area contributed by atoms with Gasteiger partial charge in [-0.05, 0) is 0 Å². The van der Waals surface area contributed by atoms with Crippen molar-refractivity contribution in [2.45, 2.75) is 0 Å². The second kappa shape index (κ2) is 16.5. The van der Waals surface area contributed by atoms with Gasteiger partial charge in [0.25, 0.3) is 0 Å². The minimum absolute atomic E-state index is 0. The van der Waals surface area contributed by atoms with Crippen molar-refractivity contribution in [3.05, 3.63) is 0 Å². The first kappa shape index (κ1) is 27.4. The molecule has 0 radical (unpaired) electrons. The van der Waals surface area contributed by atoms with Gasteiger partial charge in [0.15, 0.2) is 0 Å². The SMILES string of the molecule is S.[Cd].[Cd].[Hg]. The van der Waals surface area contributed by atoms with E-state index in [1.54, 1.807) is 0 Å². The summed E-state index contributed by atoms with van der Waals surface area (Å²) in [6, 6.07) is 0. The second-order valence-corrected chi connectivity index (χ2v) is 0. The maximum Gasteiger partial charge on any atom is 0 e.